The lowest BCUT2D eigenvalue weighted by Crippen LogP contribution is -2.38. The Bertz CT molecular complexity index is 929. The molecule has 168 valence electrons. The van der Waals surface area contributed by atoms with Gasteiger partial charge >= 0.3 is 6.09 Å². The molecule has 1 fully saturated rings. The molecular formula is C25H34ClN3O2. The average molecular weight is 444 g/mol. The van der Waals surface area contributed by atoms with Gasteiger partial charge in [-0.25, -0.2) is 4.79 Å². The summed E-state index contributed by atoms with van der Waals surface area (Å²) in [6.07, 6.45) is 6.14. The molecule has 2 aromatic rings. The second-order valence-electron chi connectivity index (χ2n) is 9.99. The Morgan fingerprint density at radius 2 is 1.84 bits per heavy atom. The molecule has 1 saturated carbocycles. The van der Waals surface area contributed by atoms with Crippen LogP contribution in [0.3, 0.4) is 0 Å². The first kappa shape index (κ1) is 22.2. The van der Waals surface area contributed by atoms with Crippen LogP contribution < -0.4 is 0 Å². The molecule has 6 heteroatoms. The average Bonchev–Trinajstić information content (AvgIpc) is 2.89. The van der Waals surface area contributed by atoms with Crippen molar-refractivity contribution in [3.8, 4) is 0 Å². The molecule has 2 heterocycles. The highest BCUT2D eigenvalue weighted by molar-refractivity contribution is 6.30. The molecular weight excluding hydrogens is 410 g/mol. The zero-order chi connectivity index (χ0) is 22.2. The molecule has 0 bridgehead atoms. The lowest BCUT2D eigenvalue weighted by atomic mass is 9.81. The van der Waals surface area contributed by atoms with E-state index in [1.807, 2.05) is 37.8 Å². The molecule has 4 rings (SSSR count). The molecule has 5 nitrogen and oxygen atoms in total. The maximum absolute atomic E-state index is 12.5. The molecule has 31 heavy (non-hydrogen) atoms. The van der Waals surface area contributed by atoms with E-state index in [2.05, 4.69) is 23.7 Å². The van der Waals surface area contributed by atoms with Crippen molar-refractivity contribution in [3.05, 3.63) is 51.8 Å². The van der Waals surface area contributed by atoms with E-state index in [1.54, 1.807) is 0 Å². The Hall–Kier alpha value is -2.01. The van der Waals surface area contributed by atoms with Crippen LogP contribution in [0.15, 0.2) is 24.3 Å². The number of rotatable bonds is 2. The van der Waals surface area contributed by atoms with E-state index in [-0.39, 0.29) is 6.09 Å². The smallest absolute Gasteiger partial charge is 0.410 e. The summed E-state index contributed by atoms with van der Waals surface area (Å²) in [7, 11) is 0. The Kier molecular flexibility index (Phi) is 6.34. The predicted octanol–water partition coefficient (Wildman–Crippen LogP) is 6.08. The standard InChI is InChI=1S/C25H34ClN3O2/c1-17-22-12-14-28(24(30)31-25(2,3)4)15-13-23(22)27-29(17)21-7-5-6-19(16-21)18-8-10-20(26)11-9-18/h8-11,19,21H,5-7,12-16H2,1-4H3. The number of ether oxygens (including phenoxy) is 1. The van der Waals surface area contributed by atoms with Gasteiger partial charge in [-0.15, -0.1) is 0 Å². The van der Waals surface area contributed by atoms with Crippen molar-refractivity contribution >= 4 is 17.7 Å². The number of benzene rings is 1. The number of carbonyl (C=O) groups excluding carboxylic acids is 1. The van der Waals surface area contributed by atoms with Gasteiger partial charge in [0.15, 0.2) is 0 Å². The van der Waals surface area contributed by atoms with Crippen molar-refractivity contribution in [1.29, 1.82) is 0 Å². The number of hydrogen-bond acceptors (Lipinski definition) is 3. The number of hydrogen-bond donors (Lipinski definition) is 0. The highest BCUT2D eigenvalue weighted by atomic mass is 35.5. The number of amides is 1. The summed E-state index contributed by atoms with van der Waals surface area (Å²) in [5, 5.41) is 5.86. The van der Waals surface area contributed by atoms with Crippen molar-refractivity contribution in [2.24, 2.45) is 0 Å². The monoisotopic (exact) mass is 443 g/mol. The second-order valence-corrected chi connectivity index (χ2v) is 10.4. The third-order valence-corrected chi connectivity index (χ3v) is 6.84. The Labute approximate surface area is 190 Å². The zero-order valence-corrected chi connectivity index (χ0v) is 19.9. The number of fused-ring (bicyclic) bond motifs is 1. The topological polar surface area (TPSA) is 47.4 Å². The quantitative estimate of drug-likeness (QED) is 0.565. The highest BCUT2D eigenvalue weighted by Crippen LogP contribution is 2.40. The number of aromatic nitrogens is 2. The summed E-state index contributed by atoms with van der Waals surface area (Å²) in [5.41, 5.74) is 4.65. The van der Waals surface area contributed by atoms with Crippen LogP contribution in [-0.4, -0.2) is 39.5 Å². The van der Waals surface area contributed by atoms with Gasteiger partial charge in [0.1, 0.15) is 5.60 Å². The number of carbonyl (C=O) groups is 1. The third-order valence-electron chi connectivity index (χ3n) is 6.59. The van der Waals surface area contributed by atoms with Crippen molar-refractivity contribution in [3.63, 3.8) is 0 Å². The van der Waals surface area contributed by atoms with Gasteiger partial charge in [-0.2, -0.15) is 5.10 Å². The summed E-state index contributed by atoms with van der Waals surface area (Å²) in [5.74, 6) is 0.557. The summed E-state index contributed by atoms with van der Waals surface area (Å²) < 4.78 is 7.86. The van der Waals surface area contributed by atoms with Crippen LogP contribution in [0.25, 0.3) is 0 Å². The normalized spacial score (nSPS) is 22.0. The fraction of sp³-hybridized carbons (Fsp3) is 0.600. The molecule has 1 aromatic carbocycles. The minimum Gasteiger partial charge on any atom is -0.444 e. The zero-order valence-electron chi connectivity index (χ0n) is 19.2. The van der Waals surface area contributed by atoms with Gasteiger partial charge in [0, 0.05) is 30.2 Å². The minimum absolute atomic E-state index is 0.221. The highest BCUT2D eigenvalue weighted by Gasteiger charge is 2.30. The Balaban J connectivity index is 1.46. The second kappa shape index (κ2) is 8.85. The summed E-state index contributed by atoms with van der Waals surface area (Å²) in [6.45, 7) is 9.28. The lowest BCUT2D eigenvalue weighted by molar-refractivity contribution is 0.0258. The van der Waals surface area contributed by atoms with Crippen LogP contribution in [0.5, 0.6) is 0 Å². The van der Waals surface area contributed by atoms with Crippen molar-refractivity contribution in [1.82, 2.24) is 14.7 Å². The number of halogens is 1. The Morgan fingerprint density at radius 3 is 2.55 bits per heavy atom. The molecule has 0 radical (unpaired) electrons. The largest absolute Gasteiger partial charge is 0.444 e. The summed E-state index contributed by atoms with van der Waals surface area (Å²) >= 11 is 6.08. The van der Waals surface area contributed by atoms with Gasteiger partial charge in [-0.05, 0) is 82.6 Å². The third kappa shape index (κ3) is 5.08. The van der Waals surface area contributed by atoms with Gasteiger partial charge in [0.2, 0.25) is 0 Å². The fourth-order valence-electron chi connectivity index (χ4n) is 5.03. The maximum Gasteiger partial charge on any atom is 0.410 e. The summed E-state index contributed by atoms with van der Waals surface area (Å²) in [6, 6.07) is 8.78. The van der Waals surface area contributed by atoms with Gasteiger partial charge < -0.3 is 9.64 Å². The molecule has 0 N–H and O–H groups in total. The van der Waals surface area contributed by atoms with Crippen molar-refractivity contribution in [2.75, 3.05) is 13.1 Å². The molecule has 1 aliphatic carbocycles. The van der Waals surface area contributed by atoms with Gasteiger partial charge in [-0.1, -0.05) is 30.2 Å². The molecule has 1 aromatic heterocycles. The van der Waals surface area contributed by atoms with E-state index >= 15 is 0 Å². The predicted molar refractivity (Wildman–Crippen MR) is 124 cm³/mol. The van der Waals surface area contributed by atoms with Crippen LogP contribution >= 0.6 is 11.6 Å². The van der Waals surface area contributed by atoms with E-state index in [1.165, 1.54) is 36.1 Å². The fourth-order valence-corrected chi connectivity index (χ4v) is 5.15. The van der Waals surface area contributed by atoms with Crippen LogP contribution in [0.1, 0.15) is 80.9 Å². The molecule has 2 aliphatic rings. The SMILES string of the molecule is Cc1c2c(nn1C1CCCC(c3ccc(Cl)cc3)C1)CCN(C(=O)OC(C)(C)C)CC2. The van der Waals surface area contributed by atoms with Crippen LogP contribution in [0, 0.1) is 6.92 Å². The van der Waals surface area contributed by atoms with Crippen LogP contribution in [0.4, 0.5) is 4.79 Å². The van der Waals surface area contributed by atoms with Crippen molar-refractivity contribution < 1.29 is 9.53 Å². The van der Waals surface area contributed by atoms with E-state index in [4.69, 9.17) is 21.4 Å². The van der Waals surface area contributed by atoms with Crippen LogP contribution in [-0.2, 0) is 17.6 Å². The molecule has 2 atom stereocenters. The number of nitrogens with zero attached hydrogens (tertiary/aromatic N) is 3. The van der Waals surface area contributed by atoms with Gasteiger partial charge in [0.05, 0.1) is 11.7 Å². The van der Waals surface area contributed by atoms with Gasteiger partial charge in [-0.3, -0.25) is 4.68 Å². The van der Waals surface area contributed by atoms with E-state index in [9.17, 15) is 4.79 Å². The Morgan fingerprint density at radius 1 is 1.13 bits per heavy atom. The minimum atomic E-state index is -0.468. The molecule has 2 unspecified atom stereocenters. The van der Waals surface area contributed by atoms with Gasteiger partial charge in [0.25, 0.3) is 0 Å². The molecule has 1 amide bonds. The first-order chi connectivity index (χ1) is 14.7. The maximum atomic E-state index is 12.5. The lowest BCUT2D eigenvalue weighted by Gasteiger charge is -2.30. The summed E-state index contributed by atoms with van der Waals surface area (Å²) in [4.78, 5) is 14.3. The van der Waals surface area contributed by atoms with Crippen LogP contribution in [0.2, 0.25) is 5.02 Å². The van der Waals surface area contributed by atoms with E-state index in [0.29, 0.717) is 25.0 Å². The first-order valence-electron chi connectivity index (χ1n) is 11.5. The van der Waals surface area contributed by atoms with Crippen molar-refractivity contribution in [2.45, 2.75) is 83.8 Å². The van der Waals surface area contributed by atoms with E-state index in [0.717, 1.165) is 30.0 Å². The first-order valence-corrected chi connectivity index (χ1v) is 11.9. The molecule has 0 spiro atoms. The molecule has 1 aliphatic heterocycles. The molecule has 0 saturated heterocycles. The van der Waals surface area contributed by atoms with E-state index < -0.39 is 5.60 Å².